The van der Waals surface area contributed by atoms with Gasteiger partial charge in [0.25, 0.3) is 10.0 Å². The number of hydrogen-bond donors (Lipinski definition) is 1. The van der Waals surface area contributed by atoms with Gasteiger partial charge in [-0.15, -0.1) is 4.00 Å². The van der Waals surface area contributed by atoms with Gasteiger partial charge in [0.2, 0.25) is 0 Å². The van der Waals surface area contributed by atoms with Crippen LogP contribution in [-0.2, 0) is 24.8 Å². The van der Waals surface area contributed by atoms with Gasteiger partial charge in [0, 0.05) is 31.6 Å². The van der Waals surface area contributed by atoms with Gasteiger partial charge < -0.3 is 9.64 Å². The summed E-state index contributed by atoms with van der Waals surface area (Å²) in [7, 11) is -8.02. The van der Waals surface area contributed by atoms with Crippen LogP contribution in [0.1, 0.15) is 18.4 Å². The number of nitrogens with one attached hydrogen (secondary N) is 1. The average Bonchev–Trinajstić information content (AvgIpc) is 3.24. The Balaban J connectivity index is 1.63. The number of nitrogens with zero attached hydrogens (tertiary/aromatic N) is 2. The van der Waals surface area contributed by atoms with Crippen molar-refractivity contribution in [2.24, 2.45) is 0 Å². The largest absolute Gasteiger partial charge is 0.378 e. The fourth-order valence-electron chi connectivity index (χ4n) is 4.13. The monoisotopic (exact) mass is 466 g/mol. The lowest BCUT2D eigenvalue weighted by molar-refractivity contribution is -0.824. The van der Waals surface area contributed by atoms with Crippen LogP contribution >= 0.6 is 0 Å². The Hall–Kier alpha value is -1.98. The molecule has 2 aromatic carbocycles. The third kappa shape index (κ3) is 4.35. The van der Waals surface area contributed by atoms with Gasteiger partial charge in [-0.05, 0) is 53.7 Å². The second-order valence-corrected chi connectivity index (χ2v) is 11.8. The van der Waals surface area contributed by atoms with Gasteiger partial charge in [0.1, 0.15) is 18.0 Å². The Labute approximate surface area is 184 Å². The third-order valence-electron chi connectivity index (χ3n) is 5.85. The molecule has 0 aliphatic carbocycles. The number of quaternary nitrogens is 1. The molecule has 1 N–H and O–H groups in total. The smallest absolute Gasteiger partial charge is 0.345 e. The molecule has 0 bridgehead atoms. The van der Waals surface area contributed by atoms with E-state index in [0.717, 1.165) is 24.3 Å². The van der Waals surface area contributed by atoms with E-state index in [9.17, 15) is 16.8 Å². The summed E-state index contributed by atoms with van der Waals surface area (Å²) in [5.41, 5.74) is 1.72. The van der Waals surface area contributed by atoms with E-state index in [0.29, 0.717) is 26.1 Å². The van der Waals surface area contributed by atoms with Crippen LogP contribution < -0.4 is 9.73 Å². The molecule has 0 saturated carbocycles. The number of sulfonamides is 2. The van der Waals surface area contributed by atoms with Crippen molar-refractivity contribution in [3.63, 3.8) is 0 Å². The number of hydrogen-bond acceptors (Lipinski definition) is 6. The van der Waals surface area contributed by atoms with Crippen molar-refractivity contribution in [3.05, 3.63) is 54.1 Å². The molecule has 2 aromatic rings. The minimum atomic E-state index is -4.05. The molecule has 0 atom stereocenters. The Morgan fingerprint density at radius 2 is 1.55 bits per heavy atom. The van der Waals surface area contributed by atoms with Crippen molar-refractivity contribution in [2.75, 3.05) is 44.3 Å². The molecule has 0 spiro atoms. The number of morpholine rings is 1. The number of aryl methyl sites for hydroxylation is 1. The number of benzene rings is 2. The van der Waals surface area contributed by atoms with Crippen molar-refractivity contribution < 1.29 is 25.6 Å². The second kappa shape index (κ2) is 8.51. The number of anilines is 1. The topological polar surface area (TPSA) is 92.8 Å². The van der Waals surface area contributed by atoms with E-state index in [4.69, 9.17) is 4.74 Å². The predicted octanol–water partition coefficient (Wildman–Crippen LogP) is 2.02. The molecule has 2 saturated heterocycles. The molecule has 0 aromatic heterocycles. The maximum absolute atomic E-state index is 13.5. The molecule has 10 heteroatoms. The van der Waals surface area contributed by atoms with Crippen LogP contribution in [0.25, 0.3) is 0 Å². The summed E-state index contributed by atoms with van der Waals surface area (Å²) in [4.78, 5) is 4.83. The molecular weight excluding hydrogens is 438 g/mol. The molecule has 2 fully saturated rings. The van der Waals surface area contributed by atoms with Crippen LogP contribution in [0.2, 0.25) is 0 Å². The van der Waals surface area contributed by atoms with Crippen LogP contribution in [0.5, 0.6) is 0 Å². The lowest BCUT2D eigenvalue weighted by Crippen LogP contribution is -2.61. The Bertz CT molecular complexity index is 1140. The van der Waals surface area contributed by atoms with Crippen molar-refractivity contribution in [3.8, 4) is 0 Å². The molecule has 4 rings (SSSR count). The zero-order valence-electron chi connectivity index (χ0n) is 17.5. The summed E-state index contributed by atoms with van der Waals surface area (Å²) in [5, 5.41) is 0. The molecular formula is C21H28N3O5S2+. The van der Waals surface area contributed by atoms with Crippen molar-refractivity contribution in [1.82, 2.24) is 4.83 Å². The highest BCUT2D eigenvalue weighted by atomic mass is 32.2. The first-order chi connectivity index (χ1) is 14.7. The number of rotatable bonds is 6. The highest BCUT2D eigenvalue weighted by Gasteiger charge is 2.49. The summed E-state index contributed by atoms with van der Waals surface area (Å²) in [5.74, 6) is 0. The van der Waals surface area contributed by atoms with E-state index in [2.05, 4.69) is 9.73 Å². The first kappa shape index (κ1) is 22.2. The van der Waals surface area contributed by atoms with Crippen LogP contribution in [0.15, 0.2) is 58.3 Å². The van der Waals surface area contributed by atoms with Crippen LogP contribution in [0.3, 0.4) is 0 Å². The Kier molecular flexibility index (Phi) is 6.10. The van der Waals surface area contributed by atoms with Gasteiger partial charge in [-0.1, -0.05) is 12.1 Å². The summed E-state index contributed by atoms with van der Waals surface area (Å²) < 4.78 is 58.1. The molecule has 2 aliphatic rings. The quantitative estimate of drug-likeness (QED) is 0.655. The maximum Gasteiger partial charge on any atom is 0.345 e. The third-order valence-corrected chi connectivity index (χ3v) is 9.67. The first-order valence-electron chi connectivity index (χ1n) is 10.4. The van der Waals surface area contributed by atoms with E-state index in [1.807, 2.05) is 13.0 Å². The fourth-order valence-corrected chi connectivity index (χ4v) is 7.77. The van der Waals surface area contributed by atoms with Crippen LogP contribution in [0.4, 0.5) is 5.69 Å². The molecule has 0 radical (unpaired) electrons. The van der Waals surface area contributed by atoms with E-state index in [1.165, 1.54) is 18.2 Å². The van der Waals surface area contributed by atoms with Crippen molar-refractivity contribution in [1.29, 1.82) is 0 Å². The van der Waals surface area contributed by atoms with E-state index < -0.39 is 24.0 Å². The van der Waals surface area contributed by atoms with Gasteiger partial charge in [-0.25, -0.2) is 8.42 Å². The normalized spacial score (nSPS) is 19.5. The number of ether oxygens (including phenoxy) is 1. The highest BCUT2D eigenvalue weighted by Crippen LogP contribution is 2.30. The summed E-state index contributed by atoms with van der Waals surface area (Å²) >= 11 is 0. The van der Waals surface area contributed by atoms with Crippen molar-refractivity contribution in [2.45, 2.75) is 29.6 Å². The molecule has 8 nitrogen and oxygen atoms in total. The zero-order chi connectivity index (χ0) is 22.1. The lowest BCUT2D eigenvalue weighted by Gasteiger charge is -2.31. The predicted molar refractivity (Wildman–Crippen MR) is 117 cm³/mol. The standard InChI is InChI=1S/C21H28N3O5S2/c1-18-5-4-6-21(17-18)31(27,28)24(13-2-3-14-24)22-30(25,26)20-9-7-19(8-10-20)23-11-15-29-16-12-23/h4-10,17,22H,2-3,11-16H2,1H3/q+1. The molecule has 2 heterocycles. The molecule has 31 heavy (non-hydrogen) atoms. The SMILES string of the molecule is Cc1cccc(S(=O)(=O)[N+]2(NS(=O)(=O)c3ccc(N4CCOCC4)cc3)CCCC2)c1. The second-order valence-electron chi connectivity index (χ2n) is 8.02. The van der Waals surface area contributed by atoms with Gasteiger partial charge in [0.15, 0.2) is 0 Å². The van der Waals surface area contributed by atoms with E-state index in [1.54, 1.807) is 24.3 Å². The summed E-state index contributed by atoms with van der Waals surface area (Å²) in [6, 6.07) is 13.1. The van der Waals surface area contributed by atoms with E-state index in [-0.39, 0.29) is 22.9 Å². The van der Waals surface area contributed by atoms with Gasteiger partial charge >= 0.3 is 10.0 Å². The van der Waals surface area contributed by atoms with E-state index >= 15 is 0 Å². The van der Waals surface area contributed by atoms with Crippen LogP contribution in [-0.4, -0.2) is 60.2 Å². The Morgan fingerprint density at radius 3 is 2.16 bits per heavy atom. The van der Waals surface area contributed by atoms with Gasteiger partial charge in [-0.2, -0.15) is 8.42 Å². The minimum absolute atomic E-state index is 0.0494. The van der Waals surface area contributed by atoms with Gasteiger partial charge in [0.05, 0.1) is 18.1 Å². The summed E-state index contributed by atoms with van der Waals surface area (Å²) in [6.07, 6.45) is 1.26. The maximum atomic E-state index is 13.5. The van der Waals surface area contributed by atoms with Crippen molar-refractivity contribution >= 4 is 25.7 Å². The lowest BCUT2D eigenvalue weighted by atomic mass is 10.2. The minimum Gasteiger partial charge on any atom is -0.378 e. The average molecular weight is 467 g/mol. The first-order valence-corrected chi connectivity index (χ1v) is 13.3. The van der Waals surface area contributed by atoms with Gasteiger partial charge in [-0.3, -0.25) is 0 Å². The summed E-state index contributed by atoms with van der Waals surface area (Å²) in [6.45, 7) is 4.98. The molecule has 0 amide bonds. The highest BCUT2D eigenvalue weighted by molar-refractivity contribution is 7.90. The molecule has 2 aliphatic heterocycles. The Morgan fingerprint density at radius 1 is 0.903 bits per heavy atom. The zero-order valence-corrected chi connectivity index (χ0v) is 19.2. The molecule has 0 unspecified atom stereocenters. The fraction of sp³-hybridized carbons (Fsp3) is 0.429. The van der Waals surface area contributed by atoms with Crippen LogP contribution in [0, 0.1) is 6.92 Å². The molecule has 168 valence electrons.